The van der Waals surface area contributed by atoms with Crippen molar-refractivity contribution in [1.29, 1.82) is 0 Å². The number of rotatable bonds is 1. The molecule has 0 spiro atoms. The summed E-state index contributed by atoms with van der Waals surface area (Å²) in [5, 5.41) is 1.62. The van der Waals surface area contributed by atoms with E-state index >= 15 is 0 Å². The third kappa shape index (κ3) is 2.84. The fourth-order valence-electron chi connectivity index (χ4n) is 1.82. The molecule has 0 bridgehead atoms. The van der Waals surface area contributed by atoms with Crippen molar-refractivity contribution in [2.75, 3.05) is 0 Å². The molecule has 0 fully saturated rings. The maximum Gasteiger partial charge on any atom is 0.0771 e. The molecule has 14 heavy (non-hydrogen) atoms. The molecule has 80 valence electrons. The van der Waals surface area contributed by atoms with Gasteiger partial charge in [0.05, 0.1) is 8.07 Å². The number of allylic oxidation sites excluding steroid dienone is 4. The molecule has 1 aliphatic rings. The number of hydrogen-bond acceptors (Lipinski definition) is 0. The summed E-state index contributed by atoms with van der Waals surface area (Å²) in [5.74, 6) is 0.725. The molecule has 1 rings (SSSR count). The second-order valence-electron chi connectivity index (χ2n) is 6.48. The lowest BCUT2D eigenvalue weighted by atomic mass is 9.77. The standard InChI is InChI=1S/C13H24Si/c1-13(2,3)11-7-9-12(10-8-11)14(4,5)6/h7,9-11H,8H2,1-6H3. The molecule has 0 amide bonds. The minimum Gasteiger partial charge on any atom is -0.0847 e. The first-order valence-electron chi connectivity index (χ1n) is 5.60. The van der Waals surface area contributed by atoms with Crippen molar-refractivity contribution in [2.45, 2.75) is 46.8 Å². The highest BCUT2D eigenvalue weighted by Gasteiger charge is 2.26. The summed E-state index contributed by atoms with van der Waals surface area (Å²) in [4.78, 5) is 0. The molecule has 0 aromatic rings. The Morgan fingerprint density at radius 1 is 1.21 bits per heavy atom. The first kappa shape index (κ1) is 11.8. The molecular formula is C13H24Si. The van der Waals surface area contributed by atoms with E-state index in [9.17, 15) is 0 Å². The summed E-state index contributed by atoms with van der Waals surface area (Å²) in [6, 6.07) is 0. The Balaban J connectivity index is 2.72. The molecule has 0 nitrogen and oxygen atoms in total. The third-order valence-corrected chi connectivity index (χ3v) is 5.18. The van der Waals surface area contributed by atoms with E-state index in [-0.39, 0.29) is 0 Å². The van der Waals surface area contributed by atoms with E-state index in [1.807, 2.05) is 0 Å². The van der Waals surface area contributed by atoms with E-state index in [1.165, 1.54) is 6.42 Å². The van der Waals surface area contributed by atoms with Gasteiger partial charge in [-0.25, -0.2) is 0 Å². The first-order chi connectivity index (χ1) is 6.21. The monoisotopic (exact) mass is 208 g/mol. The van der Waals surface area contributed by atoms with Crippen LogP contribution in [-0.2, 0) is 0 Å². The summed E-state index contributed by atoms with van der Waals surface area (Å²) in [6.07, 6.45) is 8.51. The first-order valence-corrected chi connectivity index (χ1v) is 9.10. The Bertz CT molecular complexity index is 258. The molecule has 0 N–H and O–H groups in total. The SMILES string of the molecule is CC(C)(C)C1C=CC([Si](C)(C)C)=CC1. The van der Waals surface area contributed by atoms with Crippen LogP contribution in [0.15, 0.2) is 23.4 Å². The highest BCUT2D eigenvalue weighted by Crippen LogP contribution is 2.34. The topological polar surface area (TPSA) is 0 Å². The van der Waals surface area contributed by atoms with Gasteiger partial charge in [-0.2, -0.15) is 0 Å². The summed E-state index contributed by atoms with van der Waals surface area (Å²) >= 11 is 0. The summed E-state index contributed by atoms with van der Waals surface area (Å²) in [7, 11) is -1.07. The van der Waals surface area contributed by atoms with E-state index in [4.69, 9.17) is 0 Å². The van der Waals surface area contributed by atoms with Crippen molar-refractivity contribution in [2.24, 2.45) is 11.3 Å². The zero-order valence-electron chi connectivity index (χ0n) is 10.5. The van der Waals surface area contributed by atoms with Gasteiger partial charge in [0.15, 0.2) is 0 Å². The lowest BCUT2D eigenvalue weighted by Gasteiger charge is -2.31. The maximum absolute atomic E-state index is 2.47. The van der Waals surface area contributed by atoms with Crippen LogP contribution in [-0.4, -0.2) is 8.07 Å². The van der Waals surface area contributed by atoms with Gasteiger partial charge >= 0.3 is 0 Å². The molecule has 1 aliphatic carbocycles. The maximum atomic E-state index is 2.47. The van der Waals surface area contributed by atoms with Crippen LogP contribution >= 0.6 is 0 Å². The lowest BCUT2D eigenvalue weighted by Crippen LogP contribution is -2.26. The fourth-order valence-corrected chi connectivity index (χ4v) is 3.15. The van der Waals surface area contributed by atoms with Crippen LogP contribution in [0.2, 0.25) is 19.6 Å². The summed E-state index contributed by atoms with van der Waals surface area (Å²) in [5.41, 5.74) is 0.415. The second kappa shape index (κ2) is 3.69. The predicted octanol–water partition coefficient (Wildman–Crippen LogP) is 4.41. The molecule has 0 saturated carbocycles. The molecule has 0 heterocycles. The van der Waals surface area contributed by atoms with Crippen LogP contribution < -0.4 is 0 Å². The van der Waals surface area contributed by atoms with Crippen molar-refractivity contribution in [1.82, 2.24) is 0 Å². The zero-order valence-corrected chi connectivity index (χ0v) is 11.5. The van der Waals surface area contributed by atoms with Gasteiger partial charge in [0, 0.05) is 0 Å². The van der Waals surface area contributed by atoms with Crippen LogP contribution in [0.25, 0.3) is 0 Å². The van der Waals surface area contributed by atoms with Crippen LogP contribution in [0, 0.1) is 11.3 Å². The van der Waals surface area contributed by atoms with Crippen LogP contribution in [0.1, 0.15) is 27.2 Å². The van der Waals surface area contributed by atoms with Crippen molar-refractivity contribution in [3.63, 3.8) is 0 Å². The predicted molar refractivity (Wildman–Crippen MR) is 68.1 cm³/mol. The molecule has 0 radical (unpaired) electrons. The van der Waals surface area contributed by atoms with Gasteiger partial charge < -0.3 is 0 Å². The Morgan fingerprint density at radius 2 is 1.79 bits per heavy atom. The fraction of sp³-hybridized carbons (Fsp3) is 0.692. The van der Waals surface area contributed by atoms with Crippen LogP contribution in [0.5, 0.6) is 0 Å². The minimum absolute atomic E-state index is 0.415. The highest BCUT2D eigenvalue weighted by molar-refractivity contribution is 6.83. The lowest BCUT2D eigenvalue weighted by molar-refractivity contribution is 0.293. The Labute approximate surface area is 90.1 Å². The van der Waals surface area contributed by atoms with E-state index in [2.05, 4.69) is 58.6 Å². The van der Waals surface area contributed by atoms with Gasteiger partial charge in [0.1, 0.15) is 0 Å². The molecule has 0 saturated heterocycles. The van der Waals surface area contributed by atoms with E-state index < -0.39 is 8.07 Å². The normalized spacial score (nSPS) is 23.6. The van der Waals surface area contributed by atoms with Gasteiger partial charge in [-0.3, -0.25) is 0 Å². The second-order valence-corrected chi connectivity index (χ2v) is 11.6. The van der Waals surface area contributed by atoms with Crippen LogP contribution in [0.4, 0.5) is 0 Å². The Hall–Kier alpha value is -0.303. The molecule has 1 unspecified atom stereocenters. The smallest absolute Gasteiger partial charge is 0.0771 e. The quantitative estimate of drug-likeness (QED) is 0.560. The van der Waals surface area contributed by atoms with Crippen molar-refractivity contribution in [3.05, 3.63) is 23.4 Å². The zero-order chi connectivity index (χ0) is 11.0. The average Bonchev–Trinajstić information content (AvgIpc) is 2.01. The molecule has 0 aromatic heterocycles. The van der Waals surface area contributed by atoms with Gasteiger partial charge in [0.25, 0.3) is 0 Å². The molecule has 1 atom stereocenters. The third-order valence-electron chi connectivity index (χ3n) is 3.08. The van der Waals surface area contributed by atoms with Crippen molar-refractivity contribution in [3.8, 4) is 0 Å². The molecule has 0 aromatic carbocycles. The van der Waals surface area contributed by atoms with E-state index in [1.54, 1.807) is 5.20 Å². The summed E-state index contributed by atoms with van der Waals surface area (Å²) < 4.78 is 0. The largest absolute Gasteiger partial charge is 0.0847 e. The minimum atomic E-state index is -1.07. The molecule has 0 aliphatic heterocycles. The van der Waals surface area contributed by atoms with E-state index in [0.29, 0.717) is 5.41 Å². The average molecular weight is 208 g/mol. The van der Waals surface area contributed by atoms with Crippen molar-refractivity contribution < 1.29 is 0 Å². The van der Waals surface area contributed by atoms with Gasteiger partial charge in [-0.15, -0.1) is 0 Å². The van der Waals surface area contributed by atoms with Gasteiger partial charge in [-0.05, 0) is 17.8 Å². The van der Waals surface area contributed by atoms with Gasteiger partial charge in [0.2, 0.25) is 0 Å². The van der Waals surface area contributed by atoms with Gasteiger partial charge in [-0.1, -0.05) is 63.8 Å². The van der Waals surface area contributed by atoms with Crippen LogP contribution in [0.3, 0.4) is 0 Å². The Kier molecular flexibility index (Phi) is 3.10. The molecular weight excluding hydrogens is 184 g/mol. The van der Waals surface area contributed by atoms with Crippen molar-refractivity contribution >= 4 is 8.07 Å². The highest BCUT2D eigenvalue weighted by atomic mass is 28.3. The molecule has 1 heteroatoms. The summed E-state index contributed by atoms with van der Waals surface area (Å²) in [6.45, 7) is 14.2. The Morgan fingerprint density at radius 3 is 2.07 bits per heavy atom. The number of hydrogen-bond donors (Lipinski definition) is 0. The van der Waals surface area contributed by atoms with E-state index in [0.717, 1.165) is 5.92 Å².